The molecule has 0 saturated carbocycles. The molecule has 2 aromatic rings. The van der Waals surface area contributed by atoms with Gasteiger partial charge in [-0.25, -0.2) is 0 Å². The van der Waals surface area contributed by atoms with Gasteiger partial charge in [-0.3, -0.25) is 9.59 Å². The summed E-state index contributed by atoms with van der Waals surface area (Å²) in [7, 11) is 5.35. The smallest absolute Gasteiger partial charge is 0.295 e. The third-order valence-electron chi connectivity index (χ3n) is 6.41. The van der Waals surface area contributed by atoms with Crippen molar-refractivity contribution in [2.75, 3.05) is 47.5 Å². The minimum absolute atomic E-state index is 0.0401. The molecule has 1 fully saturated rings. The number of Topliss-reactive ketones (excluding diaryl/α,β-unsaturated/α-hetero) is 1. The van der Waals surface area contributed by atoms with E-state index in [4.69, 9.17) is 14.2 Å². The summed E-state index contributed by atoms with van der Waals surface area (Å²) in [6.45, 7) is 9.32. The molecule has 1 unspecified atom stereocenters. The Bertz CT molecular complexity index is 1200. The number of methoxy groups -OCH3 is 1. The number of amides is 1. The Morgan fingerprint density at radius 1 is 1.13 bits per heavy atom. The van der Waals surface area contributed by atoms with Crippen LogP contribution in [0.3, 0.4) is 0 Å². The van der Waals surface area contributed by atoms with E-state index in [0.717, 1.165) is 12.8 Å². The molecule has 1 aliphatic heterocycles. The van der Waals surface area contributed by atoms with Gasteiger partial charge in [0.25, 0.3) is 11.7 Å². The van der Waals surface area contributed by atoms with Gasteiger partial charge in [0.2, 0.25) is 0 Å². The molecule has 0 spiro atoms. The van der Waals surface area contributed by atoms with Gasteiger partial charge in [0, 0.05) is 18.7 Å². The lowest BCUT2D eigenvalue weighted by Gasteiger charge is -2.27. The summed E-state index contributed by atoms with van der Waals surface area (Å²) in [5.41, 5.74) is 1.85. The van der Waals surface area contributed by atoms with Gasteiger partial charge >= 0.3 is 0 Å². The molecule has 8 nitrogen and oxygen atoms in total. The Balaban J connectivity index is 2.12. The highest BCUT2D eigenvalue weighted by Crippen LogP contribution is 2.42. The predicted octanol–water partition coefficient (Wildman–Crippen LogP) is 4.73. The summed E-state index contributed by atoms with van der Waals surface area (Å²) in [6.07, 6.45) is 3.56. The van der Waals surface area contributed by atoms with Crippen molar-refractivity contribution in [3.8, 4) is 17.2 Å². The van der Waals surface area contributed by atoms with Crippen molar-refractivity contribution in [3.05, 3.63) is 71.3 Å². The molecule has 0 aliphatic carbocycles. The molecular formula is C30H38N2O6. The summed E-state index contributed by atoms with van der Waals surface area (Å²) in [5.74, 6) is 0.0998. The first kappa shape index (κ1) is 28.8. The van der Waals surface area contributed by atoms with Gasteiger partial charge < -0.3 is 29.1 Å². The lowest BCUT2D eigenvalue weighted by molar-refractivity contribution is -0.140. The van der Waals surface area contributed by atoms with Crippen molar-refractivity contribution in [2.45, 2.75) is 32.7 Å². The van der Waals surface area contributed by atoms with Gasteiger partial charge in [0.1, 0.15) is 18.1 Å². The molecule has 8 heteroatoms. The summed E-state index contributed by atoms with van der Waals surface area (Å²) >= 11 is 0. The normalized spacial score (nSPS) is 16.7. The maximum atomic E-state index is 13.4. The second-order valence-electron chi connectivity index (χ2n) is 9.48. The Labute approximate surface area is 225 Å². The van der Waals surface area contributed by atoms with Gasteiger partial charge in [-0.05, 0) is 68.9 Å². The fourth-order valence-corrected chi connectivity index (χ4v) is 4.36. The number of unbranched alkanes of at least 4 members (excludes halogenated alkanes) is 1. The van der Waals surface area contributed by atoms with Gasteiger partial charge in [-0.1, -0.05) is 32.1 Å². The quantitative estimate of drug-likeness (QED) is 0.134. The largest absolute Gasteiger partial charge is 0.507 e. The van der Waals surface area contributed by atoms with E-state index >= 15 is 0 Å². The lowest BCUT2D eigenvalue weighted by atomic mass is 9.93. The first-order valence-electron chi connectivity index (χ1n) is 12.8. The molecule has 204 valence electrons. The average Bonchev–Trinajstić information content (AvgIpc) is 3.15. The minimum atomic E-state index is -0.787. The summed E-state index contributed by atoms with van der Waals surface area (Å²) < 4.78 is 17.1. The van der Waals surface area contributed by atoms with E-state index in [1.165, 1.54) is 4.90 Å². The summed E-state index contributed by atoms with van der Waals surface area (Å²) in [6, 6.07) is 9.77. The molecule has 1 atom stereocenters. The van der Waals surface area contributed by atoms with Crippen molar-refractivity contribution in [2.24, 2.45) is 0 Å². The van der Waals surface area contributed by atoms with E-state index in [0.29, 0.717) is 60.2 Å². The third kappa shape index (κ3) is 6.37. The molecule has 1 N–H and O–H groups in total. The first-order chi connectivity index (χ1) is 18.2. The number of likely N-dealkylation sites (N-methyl/N-ethyl adjacent to an activating group) is 1. The molecule has 0 aromatic heterocycles. The Morgan fingerprint density at radius 3 is 2.53 bits per heavy atom. The molecule has 1 saturated heterocycles. The number of hydrogen-bond donors (Lipinski definition) is 1. The number of aryl methyl sites for hydroxylation is 1. The third-order valence-corrected chi connectivity index (χ3v) is 6.41. The molecule has 0 radical (unpaired) electrons. The number of nitrogens with zero attached hydrogens (tertiary/aromatic N) is 2. The average molecular weight is 523 g/mol. The van der Waals surface area contributed by atoms with Crippen molar-refractivity contribution < 1.29 is 28.9 Å². The van der Waals surface area contributed by atoms with Gasteiger partial charge in [0.05, 0.1) is 25.3 Å². The highest BCUT2D eigenvalue weighted by Gasteiger charge is 2.46. The van der Waals surface area contributed by atoms with Crippen LogP contribution in [0.15, 0.2) is 54.6 Å². The maximum absolute atomic E-state index is 13.4. The highest BCUT2D eigenvalue weighted by atomic mass is 16.5. The Hall–Kier alpha value is -3.78. The maximum Gasteiger partial charge on any atom is 0.295 e. The van der Waals surface area contributed by atoms with Crippen LogP contribution in [-0.2, 0) is 9.59 Å². The number of carbonyl (C=O) groups is 2. The van der Waals surface area contributed by atoms with Crippen LogP contribution in [0.1, 0.15) is 42.5 Å². The summed E-state index contributed by atoms with van der Waals surface area (Å²) in [4.78, 5) is 30.0. The molecule has 1 amide bonds. The second kappa shape index (κ2) is 13.1. The number of likely N-dealkylation sites (tertiary alicyclic amines) is 1. The zero-order valence-corrected chi connectivity index (χ0v) is 23.0. The van der Waals surface area contributed by atoms with Crippen LogP contribution >= 0.6 is 0 Å². The molecule has 2 aromatic carbocycles. The van der Waals surface area contributed by atoms with Crippen LogP contribution in [0.2, 0.25) is 0 Å². The number of ether oxygens (including phenoxy) is 3. The fourth-order valence-electron chi connectivity index (χ4n) is 4.36. The molecule has 3 rings (SSSR count). The molecular weight excluding hydrogens is 484 g/mol. The lowest BCUT2D eigenvalue weighted by Crippen LogP contribution is -2.35. The van der Waals surface area contributed by atoms with Crippen molar-refractivity contribution in [1.29, 1.82) is 0 Å². The topological polar surface area (TPSA) is 88.5 Å². The van der Waals surface area contributed by atoms with E-state index in [2.05, 4.69) is 13.5 Å². The van der Waals surface area contributed by atoms with Gasteiger partial charge in [-0.2, -0.15) is 0 Å². The van der Waals surface area contributed by atoms with Crippen molar-refractivity contribution in [1.82, 2.24) is 9.80 Å². The van der Waals surface area contributed by atoms with E-state index in [9.17, 15) is 14.7 Å². The monoisotopic (exact) mass is 522 g/mol. The number of ketones is 1. The second-order valence-corrected chi connectivity index (χ2v) is 9.48. The molecule has 38 heavy (non-hydrogen) atoms. The van der Waals surface area contributed by atoms with E-state index < -0.39 is 17.7 Å². The van der Waals surface area contributed by atoms with Gasteiger partial charge in [-0.15, -0.1) is 0 Å². The van der Waals surface area contributed by atoms with Crippen molar-refractivity contribution in [3.63, 3.8) is 0 Å². The highest BCUT2D eigenvalue weighted by molar-refractivity contribution is 6.46. The first-order valence-corrected chi connectivity index (χ1v) is 12.8. The standard InChI is InChI=1S/C30H38N2O6/c1-7-9-17-38-24-13-10-21(19-25(24)36-6)27-26(29(34)30(35)32(27)15-14-31(4)5)28(33)23-12-11-22(18-20(23)3)37-16-8-2/h8,10-13,18-19,27,33H,2,7,9,14-17H2,1,3-6H3/b28-26+. The van der Waals surface area contributed by atoms with E-state index in [1.807, 2.05) is 32.0 Å². The van der Waals surface area contributed by atoms with Crippen LogP contribution in [0.4, 0.5) is 0 Å². The van der Waals surface area contributed by atoms with Gasteiger partial charge in [0.15, 0.2) is 11.5 Å². The number of aliphatic hydroxyl groups is 1. The van der Waals surface area contributed by atoms with Crippen LogP contribution in [-0.4, -0.2) is 74.1 Å². The fraction of sp³-hybridized carbons (Fsp3) is 0.400. The molecule has 0 bridgehead atoms. The zero-order valence-electron chi connectivity index (χ0n) is 23.0. The summed E-state index contributed by atoms with van der Waals surface area (Å²) in [5, 5.41) is 11.5. The SMILES string of the molecule is C=CCOc1ccc(/C(O)=C2\C(=O)C(=O)N(CCN(C)C)C2c2ccc(OCCCC)c(OC)c2)c(C)c1. The molecule has 1 heterocycles. The van der Waals surface area contributed by atoms with Crippen molar-refractivity contribution >= 4 is 17.4 Å². The predicted molar refractivity (Wildman–Crippen MR) is 148 cm³/mol. The van der Waals surface area contributed by atoms with Crippen LogP contribution in [0.5, 0.6) is 17.2 Å². The van der Waals surface area contributed by atoms with Crippen LogP contribution < -0.4 is 14.2 Å². The molecule has 1 aliphatic rings. The Kier molecular flexibility index (Phi) is 9.96. The van der Waals surface area contributed by atoms with E-state index in [1.54, 1.807) is 43.5 Å². The van der Waals surface area contributed by atoms with Crippen LogP contribution in [0.25, 0.3) is 5.76 Å². The Morgan fingerprint density at radius 2 is 1.89 bits per heavy atom. The number of aliphatic hydroxyl groups excluding tert-OH is 1. The van der Waals surface area contributed by atoms with Crippen LogP contribution in [0, 0.1) is 6.92 Å². The zero-order chi connectivity index (χ0) is 27.8. The number of carbonyl (C=O) groups excluding carboxylic acids is 2. The number of rotatable bonds is 13. The number of hydrogen-bond acceptors (Lipinski definition) is 7. The minimum Gasteiger partial charge on any atom is -0.507 e. The van der Waals surface area contributed by atoms with E-state index in [-0.39, 0.29) is 11.3 Å². The number of benzene rings is 2.